The molecule has 2 heterocycles. The number of benzene rings is 1. The Morgan fingerprint density at radius 1 is 1.16 bits per heavy atom. The number of fused-ring (bicyclic) bond motifs is 1. The van der Waals surface area contributed by atoms with Crippen molar-refractivity contribution in [1.29, 1.82) is 0 Å². The summed E-state index contributed by atoms with van der Waals surface area (Å²) in [6.07, 6.45) is 7.64. The molecule has 2 atom stereocenters. The minimum Gasteiger partial charge on any atom is -0.351 e. The van der Waals surface area contributed by atoms with Crippen LogP contribution in [0.25, 0.3) is 0 Å². The number of nitrogens with zero attached hydrogens (tertiary/aromatic N) is 2. The Balaban J connectivity index is 1.45. The molecule has 32 heavy (non-hydrogen) atoms. The zero-order valence-electron chi connectivity index (χ0n) is 19.3. The van der Waals surface area contributed by atoms with Gasteiger partial charge in [-0.3, -0.25) is 14.4 Å². The van der Waals surface area contributed by atoms with Gasteiger partial charge in [0, 0.05) is 25.2 Å². The maximum Gasteiger partial charge on any atom is 0.255 e. The van der Waals surface area contributed by atoms with Crippen LogP contribution in [0.15, 0.2) is 47.6 Å². The lowest BCUT2D eigenvalue weighted by Gasteiger charge is -2.35. The summed E-state index contributed by atoms with van der Waals surface area (Å²) in [6.45, 7) is 7.57. The summed E-state index contributed by atoms with van der Waals surface area (Å²) in [5.41, 5.74) is 4.19. The summed E-state index contributed by atoms with van der Waals surface area (Å²) < 4.78 is 0. The molecule has 0 bridgehead atoms. The van der Waals surface area contributed by atoms with Crippen molar-refractivity contribution >= 4 is 17.7 Å². The average Bonchev–Trinajstić information content (AvgIpc) is 3.39. The first-order chi connectivity index (χ1) is 15.4. The van der Waals surface area contributed by atoms with E-state index in [1.54, 1.807) is 9.80 Å². The van der Waals surface area contributed by atoms with Gasteiger partial charge in [-0.25, -0.2) is 0 Å². The summed E-state index contributed by atoms with van der Waals surface area (Å²) in [6, 6.07) is 6.50. The lowest BCUT2D eigenvalue weighted by atomic mass is 9.99. The number of hydrogen-bond acceptors (Lipinski definition) is 3. The van der Waals surface area contributed by atoms with Gasteiger partial charge >= 0.3 is 0 Å². The van der Waals surface area contributed by atoms with Crippen molar-refractivity contribution in [3.63, 3.8) is 0 Å². The summed E-state index contributed by atoms with van der Waals surface area (Å²) in [5, 5.41) is 3.04. The molecule has 1 aliphatic carbocycles. The number of allylic oxidation sites excluding steroid dienone is 3. The second kappa shape index (κ2) is 9.31. The molecule has 4 rings (SSSR count). The van der Waals surface area contributed by atoms with Crippen molar-refractivity contribution in [2.24, 2.45) is 5.92 Å². The lowest BCUT2D eigenvalue weighted by Crippen LogP contribution is -2.55. The van der Waals surface area contributed by atoms with Crippen LogP contribution in [-0.2, 0) is 16.1 Å². The number of nitrogens with one attached hydrogen (secondary N) is 1. The largest absolute Gasteiger partial charge is 0.351 e. The Hall–Kier alpha value is -2.89. The van der Waals surface area contributed by atoms with Crippen LogP contribution in [0.4, 0.5) is 0 Å². The Labute approximate surface area is 190 Å². The van der Waals surface area contributed by atoms with Gasteiger partial charge in [0.1, 0.15) is 12.1 Å². The van der Waals surface area contributed by atoms with Crippen molar-refractivity contribution in [2.45, 2.75) is 65.1 Å². The van der Waals surface area contributed by atoms with Crippen LogP contribution in [-0.4, -0.2) is 52.7 Å². The molecule has 1 aromatic carbocycles. The standard InChI is InChI=1S/C26H33N3O3/c1-17(2)23(29-16-20-7-4-5-8-21(20)25(29)31)26(32)28-14-6-9-22(28)24(30)27-15-19-12-10-18(3)11-13-19/h4-5,7-8,10,12,17,22-23H,6,9,11,13-16H2,1-3H3,(H,27,30). The molecular weight excluding hydrogens is 402 g/mol. The Kier molecular flexibility index (Phi) is 6.49. The van der Waals surface area contributed by atoms with Gasteiger partial charge in [0.25, 0.3) is 5.91 Å². The van der Waals surface area contributed by atoms with Gasteiger partial charge in [0.05, 0.1) is 0 Å². The predicted molar refractivity (Wildman–Crippen MR) is 124 cm³/mol. The van der Waals surface area contributed by atoms with Gasteiger partial charge in [-0.15, -0.1) is 0 Å². The van der Waals surface area contributed by atoms with Gasteiger partial charge < -0.3 is 15.1 Å². The second-order valence-electron chi connectivity index (χ2n) is 9.52. The Morgan fingerprint density at radius 3 is 2.62 bits per heavy atom. The van der Waals surface area contributed by atoms with Crippen LogP contribution in [0.5, 0.6) is 0 Å². The summed E-state index contributed by atoms with van der Waals surface area (Å²) in [4.78, 5) is 43.1. The molecule has 0 radical (unpaired) electrons. The first-order valence-electron chi connectivity index (χ1n) is 11.7. The molecule has 0 aromatic heterocycles. The van der Waals surface area contributed by atoms with Crippen LogP contribution in [0.2, 0.25) is 0 Å². The highest BCUT2D eigenvalue weighted by Crippen LogP contribution is 2.30. The van der Waals surface area contributed by atoms with Crippen molar-refractivity contribution < 1.29 is 14.4 Å². The van der Waals surface area contributed by atoms with Gasteiger partial charge in [0.15, 0.2) is 0 Å². The third-order valence-electron chi connectivity index (χ3n) is 6.84. The predicted octanol–water partition coefficient (Wildman–Crippen LogP) is 3.44. The summed E-state index contributed by atoms with van der Waals surface area (Å²) in [7, 11) is 0. The molecule has 0 saturated carbocycles. The van der Waals surface area contributed by atoms with Crippen molar-refractivity contribution in [3.8, 4) is 0 Å². The van der Waals surface area contributed by atoms with Gasteiger partial charge in [-0.1, -0.05) is 55.3 Å². The Bertz CT molecular complexity index is 978. The number of rotatable bonds is 6. The molecule has 1 aromatic rings. The number of carbonyl (C=O) groups is 3. The SMILES string of the molecule is CC1=CC=C(CNC(=O)C2CCCN2C(=O)C(C(C)C)N2Cc3ccccc3C2=O)CC1. The topological polar surface area (TPSA) is 69.7 Å². The Morgan fingerprint density at radius 2 is 1.94 bits per heavy atom. The molecule has 1 N–H and O–H groups in total. The van der Waals surface area contributed by atoms with Crippen molar-refractivity contribution in [2.75, 3.05) is 13.1 Å². The normalized spacial score (nSPS) is 21.4. The van der Waals surface area contributed by atoms with Crippen LogP contribution in [0, 0.1) is 5.92 Å². The molecule has 6 nitrogen and oxygen atoms in total. The molecule has 6 heteroatoms. The molecule has 170 valence electrons. The van der Waals surface area contributed by atoms with E-state index in [0.29, 0.717) is 31.6 Å². The molecule has 2 aliphatic heterocycles. The van der Waals surface area contributed by atoms with Crippen LogP contribution in [0.1, 0.15) is 62.4 Å². The minimum atomic E-state index is -0.572. The maximum absolute atomic E-state index is 13.7. The van der Waals surface area contributed by atoms with E-state index < -0.39 is 12.1 Å². The highest BCUT2D eigenvalue weighted by atomic mass is 16.2. The fourth-order valence-electron chi connectivity index (χ4n) is 5.00. The molecule has 1 fully saturated rings. The fourth-order valence-corrected chi connectivity index (χ4v) is 5.00. The first-order valence-corrected chi connectivity index (χ1v) is 11.7. The van der Waals surface area contributed by atoms with E-state index in [9.17, 15) is 14.4 Å². The van der Waals surface area contributed by atoms with Gasteiger partial charge in [-0.2, -0.15) is 0 Å². The number of amides is 3. The highest BCUT2D eigenvalue weighted by molar-refractivity contribution is 6.01. The van der Waals surface area contributed by atoms with Crippen LogP contribution >= 0.6 is 0 Å². The molecule has 1 saturated heterocycles. The van der Waals surface area contributed by atoms with E-state index in [4.69, 9.17) is 0 Å². The van der Waals surface area contributed by atoms with Crippen molar-refractivity contribution in [1.82, 2.24) is 15.1 Å². The van der Waals surface area contributed by atoms with Crippen LogP contribution in [0.3, 0.4) is 0 Å². The summed E-state index contributed by atoms with van der Waals surface area (Å²) in [5.74, 6) is -0.358. The minimum absolute atomic E-state index is 0.0486. The molecule has 0 spiro atoms. The monoisotopic (exact) mass is 435 g/mol. The molecule has 2 unspecified atom stereocenters. The maximum atomic E-state index is 13.7. The summed E-state index contributed by atoms with van der Waals surface area (Å²) >= 11 is 0. The molecule has 3 amide bonds. The van der Waals surface area contributed by atoms with E-state index in [-0.39, 0.29) is 23.6 Å². The number of likely N-dealkylation sites (tertiary alicyclic amines) is 1. The molecular formula is C26H33N3O3. The number of carbonyl (C=O) groups excluding carboxylic acids is 3. The van der Waals surface area contributed by atoms with E-state index in [2.05, 4.69) is 24.4 Å². The smallest absolute Gasteiger partial charge is 0.255 e. The second-order valence-corrected chi connectivity index (χ2v) is 9.52. The first kappa shape index (κ1) is 22.3. The van der Waals surface area contributed by atoms with E-state index in [1.165, 1.54) is 11.1 Å². The third-order valence-corrected chi connectivity index (χ3v) is 6.84. The zero-order valence-corrected chi connectivity index (χ0v) is 19.3. The zero-order chi connectivity index (χ0) is 22.8. The van der Waals surface area contributed by atoms with E-state index >= 15 is 0 Å². The average molecular weight is 436 g/mol. The lowest BCUT2D eigenvalue weighted by molar-refractivity contribution is -0.143. The van der Waals surface area contributed by atoms with E-state index in [1.807, 2.05) is 38.1 Å². The highest BCUT2D eigenvalue weighted by Gasteiger charge is 2.43. The number of hydrogen-bond donors (Lipinski definition) is 1. The third kappa shape index (κ3) is 4.36. The van der Waals surface area contributed by atoms with E-state index in [0.717, 1.165) is 24.8 Å². The fraction of sp³-hybridized carbons (Fsp3) is 0.500. The van der Waals surface area contributed by atoms with Gasteiger partial charge in [0.2, 0.25) is 11.8 Å². The quantitative estimate of drug-likeness (QED) is 0.744. The molecule has 3 aliphatic rings. The van der Waals surface area contributed by atoms with Crippen molar-refractivity contribution in [3.05, 3.63) is 58.7 Å². The van der Waals surface area contributed by atoms with Gasteiger partial charge in [-0.05, 0) is 50.2 Å². The van der Waals surface area contributed by atoms with Crippen LogP contribution < -0.4 is 5.32 Å².